The Balaban J connectivity index is 2.52. The van der Waals surface area contributed by atoms with Gasteiger partial charge in [-0.15, -0.1) is 0 Å². The lowest BCUT2D eigenvalue weighted by atomic mass is 9.90. The zero-order chi connectivity index (χ0) is 13.6. The van der Waals surface area contributed by atoms with Crippen LogP contribution in [0.1, 0.15) is 26.7 Å². The predicted molar refractivity (Wildman–Crippen MR) is 74.8 cm³/mol. The third-order valence-electron chi connectivity index (χ3n) is 2.65. The van der Waals surface area contributed by atoms with Crippen LogP contribution in [0.15, 0.2) is 22.7 Å². The predicted octanol–water partition coefficient (Wildman–Crippen LogP) is 4.17. The van der Waals surface area contributed by atoms with Crippen LogP contribution in [0, 0.1) is 16.7 Å². The molecular formula is C14H18BrNO2. The maximum atomic E-state index is 8.92. The van der Waals surface area contributed by atoms with Crippen LogP contribution in [0.3, 0.4) is 0 Å². The summed E-state index contributed by atoms with van der Waals surface area (Å²) in [6.45, 7) is 4.45. The Bertz CT molecular complexity index is 438. The van der Waals surface area contributed by atoms with E-state index in [0.717, 1.165) is 23.1 Å². The van der Waals surface area contributed by atoms with Crippen molar-refractivity contribution >= 4 is 15.9 Å². The van der Waals surface area contributed by atoms with Crippen molar-refractivity contribution in [3.05, 3.63) is 22.7 Å². The Morgan fingerprint density at radius 2 is 2.11 bits per heavy atom. The number of nitriles is 1. The molecule has 0 saturated carbocycles. The van der Waals surface area contributed by atoms with Crippen LogP contribution >= 0.6 is 15.9 Å². The van der Waals surface area contributed by atoms with Gasteiger partial charge in [0, 0.05) is 0 Å². The number of para-hydroxylation sites is 1. The molecule has 0 aliphatic heterocycles. The highest BCUT2D eigenvalue weighted by molar-refractivity contribution is 9.10. The molecule has 0 radical (unpaired) electrons. The molecule has 0 heterocycles. The molecule has 0 amide bonds. The molecule has 0 unspecified atom stereocenters. The molecule has 1 aromatic rings. The average molecular weight is 312 g/mol. The first-order valence-electron chi connectivity index (χ1n) is 5.87. The largest absolute Gasteiger partial charge is 0.493 e. The molecule has 0 atom stereocenters. The lowest BCUT2D eigenvalue weighted by Gasteiger charge is -2.16. The average Bonchev–Trinajstić information content (AvgIpc) is 2.36. The van der Waals surface area contributed by atoms with E-state index in [1.54, 1.807) is 7.11 Å². The van der Waals surface area contributed by atoms with Crippen molar-refractivity contribution in [2.75, 3.05) is 13.7 Å². The third-order valence-corrected chi connectivity index (χ3v) is 3.27. The molecule has 0 fully saturated rings. The van der Waals surface area contributed by atoms with E-state index in [9.17, 15) is 0 Å². The lowest BCUT2D eigenvalue weighted by Crippen LogP contribution is -2.10. The minimum atomic E-state index is -0.290. The lowest BCUT2D eigenvalue weighted by molar-refractivity contribution is 0.268. The van der Waals surface area contributed by atoms with Crippen LogP contribution in [0.2, 0.25) is 0 Å². The first kappa shape index (κ1) is 14.8. The molecule has 1 aromatic carbocycles. The first-order chi connectivity index (χ1) is 8.50. The summed E-state index contributed by atoms with van der Waals surface area (Å²) < 4.78 is 11.8. The first-order valence-corrected chi connectivity index (χ1v) is 6.66. The maximum absolute atomic E-state index is 8.92. The molecule has 0 bridgehead atoms. The fraction of sp³-hybridized carbons (Fsp3) is 0.500. The molecule has 0 saturated heterocycles. The molecule has 18 heavy (non-hydrogen) atoms. The molecule has 98 valence electrons. The summed E-state index contributed by atoms with van der Waals surface area (Å²) in [5, 5.41) is 8.92. The number of ether oxygens (including phenoxy) is 2. The van der Waals surface area contributed by atoms with E-state index in [-0.39, 0.29) is 5.41 Å². The molecule has 1 rings (SSSR count). The van der Waals surface area contributed by atoms with E-state index in [4.69, 9.17) is 14.7 Å². The second-order valence-corrected chi connectivity index (χ2v) is 5.57. The van der Waals surface area contributed by atoms with Crippen LogP contribution < -0.4 is 9.47 Å². The number of methoxy groups -OCH3 is 1. The summed E-state index contributed by atoms with van der Waals surface area (Å²) in [5.41, 5.74) is -0.290. The van der Waals surface area contributed by atoms with Gasteiger partial charge in [-0.1, -0.05) is 6.07 Å². The number of halogens is 1. The summed E-state index contributed by atoms with van der Waals surface area (Å²) >= 11 is 3.44. The van der Waals surface area contributed by atoms with E-state index in [0.29, 0.717) is 12.4 Å². The normalized spacial score (nSPS) is 10.8. The van der Waals surface area contributed by atoms with E-state index in [1.807, 2.05) is 32.0 Å². The maximum Gasteiger partial charge on any atom is 0.175 e. The van der Waals surface area contributed by atoms with Crippen LogP contribution in [-0.4, -0.2) is 13.7 Å². The number of hydrogen-bond donors (Lipinski definition) is 0. The number of rotatable bonds is 6. The topological polar surface area (TPSA) is 42.2 Å². The van der Waals surface area contributed by atoms with Gasteiger partial charge in [-0.05, 0) is 54.8 Å². The van der Waals surface area contributed by atoms with Gasteiger partial charge in [-0.25, -0.2) is 0 Å². The highest BCUT2D eigenvalue weighted by Crippen LogP contribution is 2.35. The zero-order valence-corrected chi connectivity index (χ0v) is 12.6. The SMILES string of the molecule is COc1cccc(Br)c1OCCCC(C)(C)C#N. The highest BCUT2D eigenvalue weighted by Gasteiger charge is 2.16. The van der Waals surface area contributed by atoms with Gasteiger partial charge in [0.1, 0.15) is 0 Å². The van der Waals surface area contributed by atoms with Crippen molar-refractivity contribution in [3.63, 3.8) is 0 Å². The highest BCUT2D eigenvalue weighted by atomic mass is 79.9. The summed E-state index contributed by atoms with van der Waals surface area (Å²) in [4.78, 5) is 0. The van der Waals surface area contributed by atoms with Gasteiger partial charge in [0.05, 0.1) is 29.7 Å². The van der Waals surface area contributed by atoms with Gasteiger partial charge in [-0.3, -0.25) is 0 Å². The zero-order valence-electron chi connectivity index (χ0n) is 11.0. The Morgan fingerprint density at radius 1 is 1.39 bits per heavy atom. The molecule has 0 spiro atoms. The third kappa shape index (κ3) is 4.23. The standard InChI is InChI=1S/C14H18BrNO2/c1-14(2,10-16)8-5-9-18-13-11(15)6-4-7-12(13)17-3/h4,6-7H,5,8-9H2,1-3H3. The fourth-order valence-corrected chi connectivity index (χ4v) is 2.00. The monoisotopic (exact) mass is 311 g/mol. The quantitative estimate of drug-likeness (QED) is 0.741. The Labute approximate surface area is 117 Å². The van der Waals surface area contributed by atoms with Gasteiger partial charge < -0.3 is 9.47 Å². The van der Waals surface area contributed by atoms with Crippen molar-refractivity contribution < 1.29 is 9.47 Å². The number of nitrogens with zero attached hydrogens (tertiary/aromatic N) is 1. The van der Waals surface area contributed by atoms with Crippen LogP contribution in [-0.2, 0) is 0 Å². The summed E-state index contributed by atoms with van der Waals surface area (Å²) in [6, 6.07) is 7.96. The smallest absolute Gasteiger partial charge is 0.175 e. The van der Waals surface area contributed by atoms with Crippen LogP contribution in [0.5, 0.6) is 11.5 Å². The Kier molecular flexibility index (Phi) is 5.49. The summed E-state index contributed by atoms with van der Waals surface area (Å²) in [5.74, 6) is 1.43. The fourth-order valence-electron chi connectivity index (χ4n) is 1.53. The molecule has 0 N–H and O–H groups in total. The minimum absolute atomic E-state index is 0.290. The van der Waals surface area contributed by atoms with Crippen LogP contribution in [0.4, 0.5) is 0 Å². The Morgan fingerprint density at radius 3 is 2.72 bits per heavy atom. The molecule has 4 heteroatoms. The van der Waals surface area contributed by atoms with E-state index >= 15 is 0 Å². The molecule has 0 aromatic heterocycles. The van der Waals surface area contributed by atoms with Gasteiger partial charge in [0.25, 0.3) is 0 Å². The van der Waals surface area contributed by atoms with Gasteiger partial charge in [0.2, 0.25) is 0 Å². The minimum Gasteiger partial charge on any atom is -0.493 e. The van der Waals surface area contributed by atoms with E-state index in [1.165, 1.54) is 0 Å². The molecular weight excluding hydrogens is 294 g/mol. The molecule has 0 aliphatic carbocycles. The van der Waals surface area contributed by atoms with Crippen molar-refractivity contribution in [1.29, 1.82) is 5.26 Å². The van der Waals surface area contributed by atoms with Crippen molar-refractivity contribution in [3.8, 4) is 17.6 Å². The second-order valence-electron chi connectivity index (χ2n) is 4.72. The van der Waals surface area contributed by atoms with Crippen LogP contribution in [0.25, 0.3) is 0 Å². The molecule has 0 aliphatic rings. The molecule has 3 nitrogen and oxygen atoms in total. The van der Waals surface area contributed by atoms with E-state index < -0.39 is 0 Å². The summed E-state index contributed by atoms with van der Waals surface area (Å²) in [6.07, 6.45) is 1.65. The van der Waals surface area contributed by atoms with Gasteiger partial charge in [-0.2, -0.15) is 5.26 Å². The van der Waals surface area contributed by atoms with Crippen molar-refractivity contribution in [2.24, 2.45) is 5.41 Å². The number of benzene rings is 1. The van der Waals surface area contributed by atoms with Gasteiger partial charge >= 0.3 is 0 Å². The second kappa shape index (κ2) is 6.65. The van der Waals surface area contributed by atoms with E-state index in [2.05, 4.69) is 22.0 Å². The van der Waals surface area contributed by atoms with Crippen molar-refractivity contribution in [2.45, 2.75) is 26.7 Å². The van der Waals surface area contributed by atoms with Gasteiger partial charge in [0.15, 0.2) is 11.5 Å². The van der Waals surface area contributed by atoms with Crippen molar-refractivity contribution in [1.82, 2.24) is 0 Å². The Hall–Kier alpha value is -1.21. The summed E-state index contributed by atoms with van der Waals surface area (Å²) in [7, 11) is 1.62. The number of hydrogen-bond acceptors (Lipinski definition) is 3.